The first kappa shape index (κ1) is 15.8. The lowest BCUT2D eigenvalue weighted by atomic mass is 10.0. The summed E-state index contributed by atoms with van der Waals surface area (Å²) in [7, 11) is 1.96. The Kier molecular flexibility index (Phi) is 4.81. The average Bonchev–Trinajstić information content (AvgIpc) is 2.94. The van der Waals surface area contributed by atoms with Crippen molar-refractivity contribution in [1.29, 1.82) is 0 Å². The minimum atomic E-state index is -0.184. The van der Waals surface area contributed by atoms with E-state index in [1.807, 2.05) is 30.1 Å². The number of H-pyrrole nitrogens is 2. The van der Waals surface area contributed by atoms with Gasteiger partial charge < -0.3 is 20.2 Å². The summed E-state index contributed by atoms with van der Waals surface area (Å²) < 4.78 is 0. The maximum Gasteiger partial charge on any atom is 0.323 e. The van der Waals surface area contributed by atoms with Gasteiger partial charge in [0.2, 0.25) is 5.91 Å². The second-order valence-electron chi connectivity index (χ2n) is 6.28. The Morgan fingerprint density at radius 2 is 2.17 bits per heavy atom. The quantitative estimate of drug-likeness (QED) is 0.780. The van der Waals surface area contributed by atoms with Gasteiger partial charge in [-0.3, -0.25) is 4.79 Å². The van der Waals surface area contributed by atoms with Crippen LogP contribution in [0.3, 0.4) is 0 Å². The molecule has 3 N–H and O–H groups in total. The molecule has 2 heterocycles. The lowest BCUT2D eigenvalue weighted by Gasteiger charge is -2.32. The summed E-state index contributed by atoms with van der Waals surface area (Å²) in [5.74, 6) is 0.251. The van der Waals surface area contributed by atoms with Crippen LogP contribution in [-0.2, 0) is 11.2 Å². The van der Waals surface area contributed by atoms with Crippen molar-refractivity contribution in [3.8, 4) is 0 Å². The molecule has 1 aromatic heterocycles. The van der Waals surface area contributed by atoms with Crippen LogP contribution in [-0.4, -0.2) is 47.0 Å². The van der Waals surface area contributed by atoms with E-state index in [1.54, 1.807) is 0 Å². The monoisotopic (exact) mass is 316 g/mol. The van der Waals surface area contributed by atoms with Gasteiger partial charge in [-0.05, 0) is 50.4 Å². The summed E-state index contributed by atoms with van der Waals surface area (Å²) in [6, 6.07) is 6.33. The number of fused-ring (bicyclic) bond motifs is 1. The molecular weight excluding hydrogens is 292 g/mol. The summed E-state index contributed by atoms with van der Waals surface area (Å²) in [6.45, 7) is 1.71. The fourth-order valence-corrected chi connectivity index (χ4v) is 3.28. The third kappa shape index (κ3) is 3.82. The van der Waals surface area contributed by atoms with Crippen LogP contribution >= 0.6 is 0 Å². The number of amides is 1. The number of carbonyl (C=O) groups is 1. The highest BCUT2D eigenvalue weighted by Crippen LogP contribution is 2.15. The van der Waals surface area contributed by atoms with E-state index in [4.69, 9.17) is 0 Å². The van der Waals surface area contributed by atoms with Crippen molar-refractivity contribution >= 4 is 16.9 Å². The van der Waals surface area contributed by atoms with E-state index in [-0.39, 0.29) is 11.6 Å². The average molecular weight is 316 g/mol. The van der Waals surface area contributed by atoms with E-state index < -0.39 is 0 Å². The highest BCUT2D eigenvalue weighted by Gasteiger charge is 2.21. The molecule has 1 saturated heterocycles. The number of aryl methyl sites for hydroxylation is 1. The Hall–Kier alpha value is -2.08. The number of hydrogen-bond donors (Lipinski definition) is 3. The number of piperidine rings is 1. The van der Waals surface area contributed by atoms with Crippen molar-refractivity contribution in [2.75, 3.05) is 20.1 Å². The third-order valence-corrected chi connectivity index (χ3v) is 4.62. The lowest BCUT2D eigenvalue weighted by molar-refractivity contribution is -0.132. The van der Waals surface area contributed by atoms with Crippen LogP contribution < -0.4 is 11.0 Å². The summed E-state index contributed by atoms with van der Waals surface area (Å²) in [4.78, 5) is 31.1. The molecule has 6 heteroatoms. The number of imidazole rings is 1. The predicted molar refractivity (Wildman–Crippen MR) is 90.5 cm³/mol. The molecule has 0 bridgehead atoms. The first-order valence-corrected chi connectivity index (χ1v) is 8.31. The zero-order valence-corrected chi connectivity index (χ0v) is 13.5. The van der Waals surface area contributed by atoms with Gasteiger partial charge in [0, 0.05) is 25.6 Å². The molecule has 0 spiro atoms. The van der Waals surface area contributed by atoms with Crippen LogP contribution in [0, 0.1) is 0 Å². The predicted octanol–water partition coefficient (Wildman–Crippen LogP) is 1.39. The number of rotatable bonds is 5. The van der Waals surface area contributed by atoms with Crippen LogP contribution in [0.5, 0.6) is 0 Å². The SMILES string of the molecule is CNC1CCCN(C(=O)CCCc2ccc3[nH]c(=O)[nH]c3c2)C1. The molecule has 0 radical (unpaired) electrons. The second-order valence-corrected chi connectivity index (χ2v) is 6.28. The number of likely N-dealkylation sites (tertiary alicyclic amines) is 1. The van der Waals surface area contributed by atoms with Crippen LogP contribution in [0.2, 0.25) is 0 Å². The van der Waals surface area contributed by atoms with E-state index >= 15 is 0 Å². The standard InChI is InChI=1S/C17H24N4O2/c1-18-13-5-3-9-21(11-13)16(22)6-2-4-12-7-8-14-15(10-12)20-17(23)19-14/h7-8,10,13,18H,2-6,9,11H2,1H3,(H2,19,20,23). The van der Waals surface area contributed by atoms with Crippen molar-refractivity contribution in [1.82, 2.24) is 20.2 Å². The van der Waals surface area contributed by atoms with E-state index in [2.05, 4.69) is 15.3 Å². The molecular formula is C17H24N4O2. The number of nitrogens with one attached hydrogen (secondary N) is 3. The van der Waals surface area contributed by atoms with E-state index in [9.17, 15) is 9.59 Å². The highest BCUT2D eigenvalue weighted by molar-refractivity contribution is 5.76. The Balaban J connectivity index is 1.51. The Labute approximate surface area is 135 Å². The molecule has 0 aliphatic carbocycles. The molecule has 6 nitrogen and oxygen atoms in total. The van der Waals surface area contributed by atoms with Crippen LogP contribution in [0.15, 0.2) is 23.0 Å². The van der Waals surface area contributed by atoms with Gasteiger partial charge in [0.1, 0.15) is 0 Å². The smallest absolute Gasteiger partial charge is 0.323 e. The topological polar surface area (TPSA) is 81.0 Å². The second kappa shape index (κ2) is 7.00. The van der Waals surface area contributed by atoms with Crippen LogP contribution in [0.25, 0.3) is 11.0 Å². The molecule has 0 saturated carbocycles. The fraction of sp³-hybridized carbons (Fsp3) is 0.529. The number of nitrogens with zero attached hydrogens (tertiary/aromatic N) is 1. The van der Waals surface area contributed by atoms with Gasteiger partial charge in [0.05, 0.1) is 11.0 Å². The van der Waals surface area contributed by atoms with E-state index in [1.165, 1.54) is 0 Å². The first-order valence-electron chi connectivity index (χ1n) is 8.31. The highest BCUT2D eigenvalue weighted by atomic mass is 16.2. The minimum absolute atomic E-state index is 0.184. The number of aromatic nitrogens is 2. The van der Waals surface area contributed by atoms with Gasteiger partial charge in [-0.2, -0.15) is 0 Å². The van der Waals surface area contributed by atoms with Crippen molar-refractivity contribution in [2.45, 2.75) is 38.1 Å². The molecule has 1 amide bonds. The number of hydrogen-bond acceptors (Lipinski definition) is 3. The number of likely N-dealkylation sites (N-methyl/N-ethyl adjacent to an activating group) is 1. The summed E-state index contributed by atoms with van der Waals surface area (Å²) in [5, 5.41) is 3.26. The Morgan fingerprint density at radius 1 is 1.35 bits per heavy atom. The minimum Gasteiger partial charge on any atom is -0.341 e. The van der Waals surface area contributed by atoms with Crippen molar-refractivity contribution in [3.63, 3.8) is 0 Å². The molecule has 124 valence electrons. The molecule has 1 unspecified atom stereocenters. The molecule has 23 heavy (non-hydrogen) atoms. The first-order chi connectivity index (χ1) is 11.2. The van der Waals surface area contributed by atoms with Crippen molar-refractivity contribution in [2.24, 2.45) is 0 Å². The van der Waals surface area contributed by atoms with E-state index in [0.717, 1.165) is 55.4 Å². The van der Waals surface area contributed by atoms with Gasteiger partial charge in [-0.25, -0.2) is 4.79 Å². The Bertz CT molecular complexity index is 734. The number of benzene rings is 1. The van der Waals surface area contributed by atoms with Crippen molar-refractivity contribution < 1.29 is 4.79 Å². The van der Waals surface area contributed by atoms with Gasteiger partial charge >= 0.3 is 5.69 Å². The number of carbonyl (C=O) groups excluding carboxylic acids is 1. The van der Waals surface area contributed by atoms with Crippen LogP contribution in [0.4, 0.5) is 0 Å². The van der Waals surface area contributed by atoms with Gasteiger partial charge in [0.15, 0.2) is 0 Å². The molecule has 1 aromatic carbocycles. The van der Waals surface area contributed by atoms with Crippen LogP contribution in [0.1, 0.15) is 31.2 Å². The third-order valence-electron chi connectivity index (χ3n) is 4.62. The maximum absolute atomic E-state index is 12.3. The Morgan fingerprint density at radius 3 is 3.00 bits per heavy atom. The summed E-state index contributed by atoms with van der Waals surface area (Å²) >= 11 is 0. The fourth-order valence-electron chi connectivity index (χ4n) is 3.28. The number of aromatic amines is 2. The molecule has 1 aliphatic heterocycles. The molecule has 1 aliphatic rings. The van der Waals surface area contributed by atoms with Gasteiger partial charge in [-0.1, -0.05) is 6.07 Å². The maximum atomic E-state index is 12.3. The largest absolute Gasteiger partial charge is 0.341 e. The molecule has 3 rings (SSSR count). The summed E-state index contributed by atoms with van der Waals surface area (Å²) in [6.07, 6.45) is 4.49. The van der Waals surface area contributed by atoms with Gasteiger partial charge in [-0.15, -0.1) is 0 Å². The lowest BCUT2D eigenvalue weighted by Crippen LogP contribution is -2.46. The van der Waals surface area contributed by atoms with Gasteiger partial charge in [0.25, 0.3) is 0 Å². The van der Waals surface area contributed by atoms with Crippen molar-refractivity contribution in [3.05, 3.63) is 34.2 Å². The molecule has 2 aromatic rings. The molecule has 1 fully saturated rings. The zero-order chi connectivity index (χ0) is 16.2. The van der Waals surface area contributed by atoms with E-state index in [0.29, 0.717) is 12.5 Å². The normalized spacial score (nSPS) is 18.5. The zero-order valence-electron chi connectivity index (χ0n) is 13.5. The molecule has 1 atom stereocenters. The summed E-state index contributed by atoms with van der Waals surface area (Å²) in [5.41, 5.74) is 2.61.